The topological polar surface area (TPSA) is 93.7 Å². The van der Waals surface area contributed by atoms with Crippen molar-refractivity contribution in [1.29, 1.82) is 0 Å². The quantitative estimate of drug-likeness (QED) is 0.527. The molecule has 0 radical (unpaired) electrons. The number of amides is 2. The molecule has 2 aromatic heterocycles. The molecule has 2 aromatic rings. The lowest BCUT2D eigenvalue weighted by Crippen LogP contribution is -2.44. The number of thiazole rings is 1. The second kappa shape index (κ2) is 11.3. The van der Waals surface area contributed by atoms with Gasteiger partial charge in [0.2, 0.25) is 0 Å². The lowest BCUT2D eigenvalue weighted by molar-refractivity contribution is -0.149. The number of pyridine rings is 1. The summed E-state index contributed by atoms with van der Waals surface area (Å²) in [4.78, 5) is 37.3. The first kappa shape index (κ1) is 24.6. The molecule has 1 aliphatic carbocycles. The maximum Gasteiger partial charge on any atom is 0.406 e. The summed E-state index contributed by atoms with van der Waals surface area (Å²) < 4.78 is 10.5. The van der Waals surface area contributed by atoms with Gasteiger partial charge in [0.15, 0.2) is 0 Å². The number of ether oxygens (including phenoxy) is 2. The van der Waals surface area contributed by atoms with E-state index < -0.39 is 6.09 Å². The van der Waals surface area contributed by atoms with Crippen LogP contribution in [0.5, 0.6) is 0 Å². The van der Waals surface area contributed by atoms with Crippen LogP contribution in [-0.2, 0) is 20.7 Å². The Morgan fingerprint density at radius 1 is 1.32 bits per heavy atom. The standard InChI is InChI=1S/C25H34N4O4S/c1-16-15-18(11-13-26-16)22-20(7-6-12-27-25(31)32-3)28-23(34-22)17(2)29(19-9-10-19)24(30)21-8-4-5-14-33-21/h11,13,15,17,19,21H,4-10,12,14H2,1-3H3,(H,27,31)/t17-,21-/m1/s1. The predicted molar refractivity (Wildman–Crippen MR) is 131 cm³/mol. The molecule has 3 heterocycles. The van der Waals surface area contributed by atoms with Crippen molar-refractivity contribution >= 4 is 23.3 Å². The highest BCUT2D eigenvalue weighted by Crippen LogP contribution is 2.40. The van der Waals surface area contributed by atoms with Gasteiger partial charge in [-0.3, -0.25) is 9.78 Å². The second-order valence-corrected chi connectivity index (χ2v) is 10.1. The van der Waals surface area contributed by atoms with Crippen LogP contribution >= 0.6 is 11.3 Å². The summed E-state index contributed by atoms with van der Waals surface area (Å²) in [5, 5.41) is 3.67. The monoisotopic (exact) mass is 486 g/mol. The smallest absolute Gasteiger partial charge is 0.406 e. The third kappa shape index (κ3) is 5.93. The number of carbonyl (C=O) groups is 2. The van der Waals surface area contributed by atoms with E-state index in [9.17, 15) is 9.59 Å². The van der Waals surface area contributed by atoms with Crippen LogP contribution in [0.15, 0.2) is 18.3 Å². The highest BCUT2D eigenvalue weighted by molar-refractivity contribution is 7.15. The fourth-order valence-electron chi connectivity index (χ4n) is 4.41. The third-order valence-corrected chi connectivity index (χ3v) is 7.66. The molecule has 2 aliphatic rings. The molecule has 4 rings (SSSR count). The number of hydrogen-bond acceptors (Lipinski definition) is 7. The van der Waals surface area contributed by atoms with Gasteiger partial charge >= 0.3 is 6.09 Å². The Morgan fingerprint density at radius 3 is 2.82 bits per heavy atom. The van der Waals surface area contributed by atoms with E-state index in [-0.39, 0.29) is 24.1 Å². The van der Waals surface area contributed by atoms with Gasteiger partial charge in [-0.15, -0.1) is 11.3 Å². The van der Waals surface area contributed by atoms with Crippen LogP contribution in [0.2, 0.25) is 0 Å². The van der Waals surface area contributed by atoms with E-state index in [1.807, 2.05) is 24.1 Å². The van der Waals surface area contributed by atoms with Crippen LogP contribution < -0.4 is 5.32 Å². The molecular formula is C25H34N4O4S. The van der Waals surface area contributed by atoms with E-state index in [4.69, 9.17) is 9.72 Å². The fraction of sp³-hybridized carbons (Fsp3) is 0.600. The SMILES string of the molecule is COC(=O)NCCCc1nc([C@@H](C)N(C(=O)[C@H]2CCCCO2)C2CC2)sc1-c1ccnc(C)c1. The van der Waals surface area contributed by atoms with E-state index in [2.05, 4.69) is 28.0 Å². The molecule has 184 valence electrons. The van der Waals surface area contributed by atoms with Crippen LogP contribution in [0.4, 0.5) is 4.79 Å². The number of rotatable bonds is 9. The highest BCUT2D eigenvalue weighted by atomic mass is 32.1. The molecule has 0 spiro atoms. The Morgan fingerprint density at radius 2 is 2.15 bits per heavy atom. The molecule has 2 fully saturated rings. The van der Waals surface area contributed by atoms with Crippen molar-refractivity contribution < 1.29 is 19.1 Å². The molecule has 0 aromatic carbocycles. The lowest BCUT2D eigenvalue weighted by Gasteiger charge is -2.33. The van der Waals surface area contributed by atoms with Crippen molar-refractivity contribution in [3.8, 4) is 10.4 Å². The summed E-state index contributed by atoms with van der Waals surface area (Å²) in [6.07, 6.45) is 7.45. The van der Waals surface area contributed by atoms with Crippen LogP contribution in [0, 0.1) is 6.92 Å². The molecule has 2 atom stereocenters. The third-order valence-electron chi connectivity index (χ3n) is 6.34. The first-order valence-corrected chi connectivity index (χ1v) is 13.0. The summed E-state index contributed by atoms with van der Waals surface area (Å²) >= 11 is 1.65. The molecule has 1 saturated heterocycles. The van der Waals surface area contributed by atoms with E-state index in [1.165, 1.54) is 7.11 Å². The summed E-state index contributed by atoms with van der Waals surface area (Å²) in [7, 11) is 1.36. The Kier molecular flexibility index (Phi) is 8.15. The van der Waals surface area contributed by atoms with Gasteiger partial charge in [0.25, 0.3) is 5.91 Å². The molecule has 0 unspecified atom stereocenters. The number of nitrogens with one attached hydrogen (secondary N) is 1. The Hall–Kier alpha value is -2.52. The van der Waals surface area contributed by atoms with Gasteiger partial charge in [0, 0.05) is 31.1 Å². The van der Waals surface area contributed by atoms with Crippen molar-refractivity contribution in [2.75, 3.05) is 20.3 Å². The summed E-state index contributed by atoms with van der Waals surface area (Å²) in [5.41, 5.74) is 3.02. The molecule has 2 amide bonds. The minimum absolute atomic E-state index is 0.107. The first-order valence-electron chi connectivity index (χ1n) is 12.2. The van der Waals surface area contributed by atoms with Crippen LogP contribution in [0.3, 0.4) is 0 Å². The molecule has 1 N–H and O–H groups in total. The zero-order chi connectivity index (χ0) is 24.1. The maximum absolute atomic E-state index is 13.4. The molecule has 1 saturated carbocycles. The number of hydrogen-bond donors (Lipinski definition) is 1. The van der Waals surface area contributed by atoms with Gasteiger partial charge in [-0.05, 0) is 76.5 Å². The Bertz CT molecular complexity index is 1000. The number of nitrogens with zero attached hydrogens (tertiary/aromatic N) is 3. The number of methoxy groups -OCH3 is 1. The zero-order valence-corrected chi connectivity index (χ0v) is 21.0. The van der Waals surface area contributed by atoms with Gasteiger partial charge in [-0.25, -0.2) is 9.78 Å². The molecule has 1 aliphatic heterocycles. The first-order chi connectivity index (χ1) is 16.5. The van der Waals surface area contributed by atoms with Crippen molar-refractivity contribution in [2.45, 2.75) is 77.0 Å². The molecule has 34 heavy (non-hydrogen) atoms. The largest absolute Gasteiger partial charge is 0.453 e. The van der Waals surface area contributed by atoms with Gasteiger partial charge in [-0.1, -0.05) is 0 Å². The van der Waals surface area contributed by atoms with Gasteiger partial charge in [-0.2, -0.15) is 0 Å². The van der Waals surface area contributed by atoms with Crippen molar-refractivity contribution in [3.63, 3.8) is 0 Å². The second-order valence-electron chi connectivity index (χ2n) is 9.04. The molecule has 0 bridgehead atoms. The Labute approximate surface area is 205 Å². The van der Waals surface area contributed by atoms with Crippen molar-refractivity contribution in [3.05, 3.63) is 34.7 Å². The predicted octanol–water partition coefficient (Wildman–Crippen LogP) is 4.42. The summed E-state index contributed by atoms with van der Waals surface area (Å²) in [6, 6.07) is 4.23. The van der Waals surface area contributed by atoms with Crippen molar-refractivity contribution in [1.82, 2.24) is 20.2 Å². The zero-order valence-electron chi connectivity index (χ0n) is 20.2. The van der Waals surface area contributed by atoms with Crippen LogP contribution in [0.25, 0.3) is 10.4 Å². The normalized spacial score (nSPS) is 18.9. The minimum atomic E-state index is -0.430. The van der Waals surface area contributed by atoms with E-state index in [0.29, 0.717) is 19.6 Å². The number of aromatic nitrogens is 2. The van der Waals surface area contributed by atoms with Gasteiger partial charge < -0.3 is 19.7 Å². The average molecular weight is 487 g/mol. The maximum atomic E-state index is 13.4. The van der Waals surface area contributed by atoms with Crippen LogP contribution in [-0.4, -0.2) is 59.3 Å². The van der Waals surface area contributed by atoms with E-state index in [0.717, 1.165) is 65.4 Å². The highest BCUT2D eigenvalue weighted by Gasteiger charge is 2.41. The average Bonchev–Trinajstić information content (AvgIpc) is 3.59. The summed E-state index contributed by atoms with van der Waals surface area (Å²) in [5.74, 6) is 0.107. The van der Waals surface area contributed by atoms with Crippen molar-refractivity contribution in [2.24, 2.45) is 0 Å². The Balaban J connectivity index is 1.57. The van der Waals surface area contributed by atoms with Gasteiger partial charge in [0.05, 0.1) is 23.7 Å². The molecular weight excluding hydrogens is 452 g/mol. The summed E-state index contributed by atoms with van der Waals surface area (Å²) in [6.45, 7) is 5.24. The van der Waals surface area contributed by atoms with E-state index in [1.54, 1.807) is 11.3 Å². The fourth-order valence-corrected chi connectivity index (χ4v) is 5.57. The van der Waals surface area contributed by atoms with Crippen LogP contribution in [0.1, 0.15) is 67.9 Å². The number of carbonyl (C=O) groups excluding carboxylic acids is 2. The van der Waals surface area contributed by atoms with E-state index >= 15 is 0 Å². The lowest BCUT2D eigenvalue weighted by atomic mass is 10.1. The molecule has 9 heteroatoms. The van der Waals surface area contributed by atoms with Gasteiger partial charge in [0.1, 0.15) is 11.1 Å². The number of alkyl carbamates (subject to hydrolysis) is 1. The number of aryl methyl sites for hydroxylation is 2. The minimum Gasteiger partial charge on any atom is -0.453 e. The molecule has 8 nitrogen and oxygen atoms in total.